The van der Waals surface area contributed by atoms with E-state index in [2.05, 4.69) is 80.0 Å². The number of phenolic OH excluding ortho intramolecular Hbond substituents is 1. The molecule has 0 spiro atoms. The molecule has 7 rings (SSSR count). The van der Waals surface area contributed by atoms with Crippen molar-refractivity contribution in [3.05, 3.63) is 119 Å². The fraction of sp³-hybridized carbons (Fsp3) is 0.568. The number of guanidine groups is 1. The summed E-state index contributed by atoms with van der Waals surface area (Å²) >= 11 is 0. The van der Waals surface area contributed by atoms with Crippen LogP contribution in [0.15, 0.2) is 96.6 Å². The molecule has 9 atom stereocenters. The highest BCUT2D eigenvalue weighted by Gasteiger charge is 2.37. The fourth-order valence-electron chi connectivity index (χ4n) is 14.8. The molecule has 0 saturated carbocycles. The van der Waals surface area contributed by atoms with Crippen LogP contribution >= 0.6 is 0 Å². The molecule has 1 fully saturated rings. The average molecular weight is 1710 g/mol. The number of amides is 11. The molecule has 35 heteroatoms. The van der Waals surface area contributed by atoms with E-state index >= 15 is 0 Å². The van der Waals surface area contributed by atoms with E-state index in [1.165, 1.54) is 114 Å². The molecule has 1 aliphatic heterocycles. The Labute approximate surface area is 719 Å². The van der Waals surface area contributed by atoms with Crippen LogP contribution in [0.5, 0.6) is 5.75 Å². The number of rotatable bonds is 56. The Hall–Kier alpha value is -11.8. The van der Waals surface area contributed by atoms with Gasteiger partial charge in [0.1, 0.15) is 48.5 Å². The zero-order valence-electron chi connectivity index (χ0n) is 72.2. The van der Waals surface area contributed by atoms with E-state index in [1.807, 2.05) is 43.0 Å². The predicted molar refractivity (Wildman–Crippen MR) is 470 cm³/mol. The summed E-state index contributed by atoms with van der Waals surface area (Å²) in [7, 11) is 0. The van der Waals surface area contributed by atoms with Gasteiger partial charge in [-0.1, -0.05) is 148 Å². The number of aromatic amines is 2. The number of ketones is 1. The maximum Gasteiger partial charge on any atom is 0.261 e. The van der Waals surface area contributed by atoms with Crippen LogP contribution < -0.4 is 80.8 Å². The van der Waals surface area contributed by atoms with Crippen molar-refractivity contribution in [2.75, 3.05) is 50.7 Å². The van der Waals surface area contributed by atoms with Gasteiger partial charge in [-0.3, -0.25) is 72.3 Å². The Balaban J connectivity index is 0.972. The van der Waals surface area contributed by atoms with Crippen LogP contribution in [0.2, 0.25) is 0 Å². The summed E-state index contributed by atoms with van der Waals surface area (Å²) in [6.07, 6.45) is 22.9. The lowest BCUT2D eigenvalue weighted by Gasteiger charge is -2.38. The van der Waals surface area contributed by atoms with Gasteiger partial charge in [0.2, 0.25) is 65.0 Å². The monoisotopic (exact) mass is 1710 g/mol. The summed E-state index contributed by atoms with van der Waals surface area (Å²) in [5.74, 6) is -8.67. The first-order valence-electron chi connectivity index (χ1n) is 43.6. The number of nitrogens with zero attached hydrogens (tertiary/aromatic N) is 5. The molecule has 0 aliphatic carbocycles. The lowest BCUT2D eigenvalue weighted by Crippen LogP contribution is -2.60. The standard InChI is InChI=1S/C88H131N21O14/c1-7-9-10-11-12-13-14-15-16-17-18-19-20-30-76(113)95-40-37-77(114)94-38-24-23-28-69(101-85(121)79(90)57(5)8-2)87(123)108-43-41-107(42-44-108)62-33-36-67-65(49-62)86(122)109(55-99-67)53-78(115)100-68(29-25-39-96-88(91)92)80(116)105-73(48-61-52-93-54-98-61)83(119)104-72(46-59-31-34-63(111)35-32-59)82(118)103-71(45-56(3)4)81(117)106-74(50-75(89)112)84(120)102-70(58(6)110)47-60-51-97-66-27-22-21-26-64(60)66/h21-22,26-27,31-36,49,51-52,54-57,68-74,79,97,111H,7-20,23-25,28-30,37-48,50,53,90H2,1-6H3,(H2,89,112)(H,93,98)(H,94,114)(H,95,113)(H,100,115)(H,101,121)(H,102,120)(H,103,118)(H,104,119)(H,105,116)(H,106,117)(H4,91,92,96)/t57-,68-,69-,70-,71-,72-,73-,74-,79-/m0/s1. The summed E-state index contributed by atoms with van der Waals surface area (Å²) < 4.78 is 1.07. The van der Waals surface area contributed by atoms with E-state index in [4.69, 9.17) is 22.6 Å². The average Bonchev–Trinajstić information content (AvgIpc) is 1.57. The zero-order valence-corrected chi connectivity index (χ0v) is 72.2. The number of H-pyrrole nitrogens is 2. The van der Waals surface area contributed by atoms with Crippen LogP contribution in [0.25, 0.3) is 21.8 Å². The smallest absolute Gasteiger partial charge is 0.261 e. The lowest BCUT2D eigenvalue weighted by molar-refractivity contribution is -0.137. The number of fused-ring (bicyclic) bond motifs is 2. The summed E-state index contributed by atoms with van der Waals surface area (Å²) in [6, 6.07) is 7.81. The van der Waals surface area contributed by atoms with E-state index in [-0.39, 0.29) is 130 Å². The van der Waals surface area contributed by atoms with Crippen molar-refractivity contribution in [1.82, 2.24) is 82.6 Å². The molecule has 35 nitrogen and oxygen atoms in total. The van der Waals surface area contributed by atoms with E-state index in [9.17, 15) is 67.4 Å². The van der Waals surface area contributed by atoms with Crippen LogP contribution in [0, 0.1) is 17.2 Å². The molecule has 0 unspecified atom stereocenters. The topological polar surface area (TPSA) is 533 Å². The number of carbonyl (C=O) groups is 12. The van der Waals surface area contributed by atoms with Crippen molar-refractivity contribution in [2.24, 2.45) is 29.0 Å². The Morgan fingerprint density at radius 1 is 0.553 bits per heavy atom. The van der Waals surface area contributed by atoms with Crippen molar-refractivity contribution in [1.29, 1.82) is 5.41 Å². The Bertz CT molecular complexity index is 4510. The largest absolute Gasteiger partial charge is 0.508 e. The summed E-state index contributed by atoms with van der Waals surface area (Å²) in [5.41, 5.74) is 20.1. The van der Waals surface area contributed by atoms with Crippen molar-refractivity contribution >= 4 is 104 Å². The SMILES string of the molecule is CCCCCCCCCCCCCCCC(=O)NCCC(=O)NCCCC[C@H](NC(=O)[C@@H](N)[C@@H](C)CC)C(=O)N1CCN(c2ccc3ncn(CC(=O)N[C@@H](CCCNC(=N)N)C(=O)N[C@@H](Cc4c[nH]cn4)C(=O)N[C@@H](Cc4ccc(O)cc4)C(=O)N[C@@H](CC(C)C)C(=O)N[C@@H](CC(N)=O)C(=O)N[C@@H](Cc4c[nH]c5ccccc45)C(C)=O)c(=O)c3c2)CC1. The third-order valence-electron chi connectivity index (χ3n) is 22.2. The number of aromatic nitrogens is 5. The number of Topliss-reactive ketones (excluding diaryl/α,β-unsaturated/α-hetero) is 1. The number of primary amides is 1. The second-order valence-corrected chi connectivity index (χ2v) is 32.6. The maximum atomic E-state index is 15.0. The van der Waals surface area contributed by atoms with Gasteiger partial charge in [-0.05, 0) is 111 Å². The molecule has 20 N–H and O–H groups in total. The number of nitrogens with two attached hydrogens (primary N) is 3. The molecule has 3 aromatic carbocycles. The number of benzene rings is 3. The quantitative estimate of drug-likeness (QED) is 0.0142. The number of anilines is 1. The number of carbonyl (C=O) groups excluding carboxylic acids is 12. The molecule has 123 heavy (non-hydrogen) atoms. The first kappa shape index (κ1) is 98.3. The van der Waals surface area contributed by atoms with E-state index in [0.717, 1.165) is 40.3 Å². The first-order chi connectivity index (χ1) is 59.0. The predicted octanol–water partition coefficient (Wildman–Crippen LogP) is 4.50. The molecule has 672 valence electrons. The summed E-state index contributed by atoms with van der Waals surface area (Å²) in [5, 5.41) is 46.3. The maximum absolute atomic E-state index is 15.0. The van der Waals surface area contributed by atoms with Gasteiger partial charge >= 0.3 is 0 Å². The van der Waals surface area contributed by atoms with E-state index < -0.39 is 120 Å². The van der Waals surface area contributed by atoms with Crippen LogP contribution in [0.1, 0.15) is 206 Å². The van der Waals surface area contributed by atoms with Gasteiger partial charge in [0.25, 0.3) is 5.56 Å². The van der Waals surface area contributed by atoms with Gasteiger partial charge in [-0.15, -0.1) is 0 Å². The molecular weight excluding hydrogens is 1580 g/mol. The molecule has 11 amide bonds. The third kappa shape index (κ3) is 33.9. The number of nitrogens with one attached hydrogen (secondary N) is 13. The van der Waals surface area contributed by atoms with Gasteiger partial charge in [0.05, 0.1) is 47.8 Å². The van der Waals surface area contributed by atoms with Crippen molar-refractivity contribution < 1.29 is 62.6 Å². The minimum atomic E-state index is -1.62. The van der Waals surface area contributed by atoms with Gasteiger partial charge in [0, 0.05) is 107 Å². The second-order valence-electron chi connectivity index (χ2n) is 32.6. The minimum absolute atomic E-state index is 0.0366. The zero-order chi connectivity index (χ0) is 89.3. The number of unbranched alkanes of at least 4 members (excludes halogenated alkanes) is 13. The van der Waals surface area contributed by atoms with E-state index in [1.54, 1.807) is 43.1 Å². The first-order valence-corrected chi connectivity index (χ1v) is 43.6. The normalized spacial score (nSPS) is 14.3. The van der Waals surface area contributed by atoms with Crippen LogP contribution in [0.4, 0.5) is 5.69 Å². The van der Waals surface area contributed by atoms with Crippen LogP contribution in [0.3, 0.4) is 0 Å². The number of hydrogen-bond acceptors (Lipinski definition) is 19. The van der Waals surface area contributed by atoms with Crippen LogP contribution in [-0.2, 0) is 83.3 Å². The summed E-state index contributed by atoms with van der Waals surface area (Å²) in [4.78, 5) is 199. The summed E-state index contributed by atoms with van der Waals surface area (Å²) in [6.45, 7) is 12.0. The number of imidazole rings is 1. The van der Waals surface area contributed by atoms with Crippen LogP contribution in [-0.4, -0.2) is 205 Å². The third-order valence-corrected chi connectivity index (χ3v) is 22.2. The van der Waals surface area contributed by atoms with Crippen molar-refractivity contribution in [3.63, 3.8) is 0 Å². The van der Waals surface area contributed by atoms with E-state index in [0.29, 0.717) is 62.1 Å². The van der Waals surface area contributed by atoms with Gasteiger partial charge in [-0.2, -0.15) is 0 Å². The molecule has 1 aliphatic rings. The molecule has 4 heterocycles. The Kier molecular flexibility index (Phi) is 41.5. The van der Waals surface area contributed by atoms with Gasteiger partial charge in [-0.25, -0.2) is 9.97 Å². The number of para-hydroxylation sites is 1. The van der Waals surface area contributed by atoms with Gasteiger partial charge < -0.3 is 95.2 Å². The molecule has 1 saturated heterocycles. The highest BCUT2D eigenvalue weighted by molar-refractivity contribution is 5.99. The molecule has 0 radical (unpaired) electrons. The number of phenols is 1. The Morgan fingerprint density at radius 2 is 1.13 bits per heavy atom. The molecule has 3 aromatic heterocycles. The fourth-order valence-corrected chi connectivity index (χ4v) is 14.8. The lowest BCUT2D eigenvalue weighted by atomic mass is 9.98. The Morgan fingerprint density at radius 3 is 1.76 bits per heavy atom. The number of aromatic hydroxyl groups is 1. The van der Waals surface area contributed by atoms with Crippen molar-refractivity contribution in [3.8, 4) is 5.75 Å². The number of piperazine rings is 1. The molecule has 6 aromatic rings. The van der Waals surface area contributed by atoms with Gasteiger partial charge in [0.15, 0.2) is 11.7 Å². The second kappa shape index (κ2) is 51.9. The molecule has 0 bridgehead atoms. The van der Waals surface area contributed by atoms with Crippen molar-refractivity contribution in [2.45, 2.75) is 263 Å². The molecular formula is C88H131N21O14. The number of hydrogen-bond donors (Lipinski definition) is 17. The minimum Gasteiger partial charge on any atom is -0.508 e. The highest BCUT2D eigenvalue weighted by Crippen LogP contribution is 2.24. The highest BCUT2D eigenvalue weighted by atomic mass is 16.3.